The fourth-order valence-electron chi connectivity index (χ4n) is 2.06. The lowest BCUT2D eigenvalue weighted by Crippen LogP contribution is -2.43. The molecule has 2 rings (SSSR count). The summed E-state index contributed by atoms with van der Waals surface area (Å²) in [6, 6.07) is 4.47. The molecule has 10 heteroatoms. The third-order valence-electron chi connectivity index (χ3n) is 3.17. The van der Waals surface area contributed by atoms with E-state index in [0.717, 1.165) is 0 Å². The molecule has 0 aliphatic heterocycles. The lowest BCUT2D eigenvalue weighted by molar-refractivity contribution is -0.114. The van der Waals surface area contributed by atoms with Crippen LogP contribution in [0.2, 0.25) is 0 Å². The molecule has 0 saturated heterocycles. The predicted molar refractivity (Wildman–Crippen MR) is 96.8 cm³/mol. The molecule has 5 N–H and O–H groups in total. The zero-order chi connectivity index (χ0) is 18.6. The molecule has 2 aromatic rings. The van der Waals surface area contributed by atoms with Crippen LogP contribution in [0.25, 0.3) is 0 Å². The monoisotopic (exact) mass is 364 g/mol. The number of benzene rings is 1. The smallest absolute Gasteiger partial charge is 0.320 e. The molecule has 1 aromatic heterocycles. The van der Waals surface area contributed by atoms with Crippen molar-refractivity contribution in [3.05, 3.63) is 23.2 Å². The van der Waals surface area contributed by atoms with Gasteiger partial charge >= 0.3 is 6.03 Å². The van der Waals surface area contributed by atoms with Crippen molar-refractivity contribution >= 4 is 39.8 Å². The van der Waals surface area contributed by atoms with Gasteiger partial charge in [-0.3, -0.25) is 4.79 Å². The first-order valence-electron chi connectivity index (χ1n) is 7.35. The van der Waals surface area contributed by atoms with E-state index in [1.54, 1.807) is 32.0 Å². The molecule has 1 heterocycles. The Balaban J connectivity index is 2.15. The van der Waals surface area contributed by atoms with Gasteiger partial charge in [0.2, 0.25) is 11.0 Å². The molecule has 134 valence electrons. The van der Waals surface area contributed by atoms with Crippen molar-refractivity contribution in [2.45, 2.75) is 26.3 Å². The van der Waals surface area contributed by atoms with Crippen molar-refractivity contribution in [2.75, 3.05) is 23.5 Å². The van der Waals surface area contributed by atoms with Crippen LogP contribution in [0.15, 0.2) is 18.2 Å². The third-order valence-corrected chi connectivity index (χ3v) is 4.25. The Kier molecular flexibility index (Phi) is 5.42. The largest absolute Gasteiger partial charge is 0.495 e. The highest BCUT2D eigenvalue weighted by Gasteiger charge is 2.27. The summed E-state index contributed by atoms with van der Waals surface area (Å²) >= 11 is 1.20. The average Bonchev–Trinajstić information content (AvgIpc) is 2.94. The average molecular weight is 364 g/mol. The van der Waals surface area contributed by atoms with Crippen LogP contribution >= 0.6 is 11.3 Å². The normalized spacial score (nSPS) is 10.9. The zero-order valence-corrected chi connectivity index (χ0v) is 15.2. The number of anilines is 3. The molecule has 0 radical (unpaired) electrons. The summed E-state index contributed by atoms with van der Waals surface area (Å²) in [7, 11) is 1.49. The number of nitrogens with zero attached hydrogens (tertiary/aromatic N) is 2. The maximum absolute atomic E-state index is 12.4. The Morgan fingerprint density at radius 3 is 2.52 bits per heavy atom. The molecule has 25 heavy (non-hydrogen) atoms. The second-order valence-electron chi connectivity index (χ2n) is 5.75. The highest BCUT2D eigenvalue weighted by molar-refractivity contribution is 7.15. The van der Waals surface area contributed by atoms with Gasteiger partial charge in [0.15, 0.2) is 0 Å². The van der Waals surface area contributed by atoms with E-state index >= 15 is 0 Å². The lowest BCUT2D eigenvalue weighted by Gasteiger charge is -2.23. The van der Waals surface area contributed by atoms with Crippen LogP contribution in [0, 0.1) is 0 Å². The first kappa shape index (κ1) is 18.5. The van der Waals surface area contributed by atoms with E-state index in [9.17, 15) is 9.59 Å². The Morgan fingerprint density at radius 2 is 1.96 bits per heavy atom. The van der Waals surface area contributed by atoms with Gasteiger partial charge in [-0.1, -0.05) is 11.3 Å². The number of hydrogen-bond acceptors (Lipinski definition) is 7. The molecular formula is C15H20N6O3S. The number of aromatic nitrogens is 2. The second kappa shape index (κ2) is 7.34. The minimum absolute atomic E-state index is 0.212. The third kappa shape index (κ3) is 4.80. The molecule has 9 nitrogen and oxygen atoms in total. The van der Waals surface area contributed by atoms with Crippen LogP contribution in [0.4, 0.5) is 21.3 Å². The maximum Gasteiger partial charge on any atom is 0.320 e. The summed E-state index contributed by atoms with van der Waals surface area (Å²) in [6.07, 6.45) is 0. The number of urea groups is 1. The summed E-state index contributed by atoms with van der Waals surface area (Å²) < 4.78 is 5.23. The summed E-state index contributed by atoms with van der Waals surface area (Å²) in [5.41, 5.74) is 5.78. The highest BCUT2D eigenvalue weighted by atomic mass is 32.1. The Morgan fingerprint density at radius 1 is 1.24 bits per heavy atom. The molecule has 0 saturated carbocycles. The molecule has 0 atom stereocenters. The summed E-state index contributed by atoms with van der Waals surface area (Å²) in [4.78, 5) is 23.6. The van der Waals surface area contributed by atoms with Crippen molar-refractivity contribution in [3.8, 4) is 5.75 Å². The molecule has 0 bridgehead atoms. The maximum atomic E-state index is 12.4. The van der Waals surface area contributed by atoms with E-state index in [0.29, 0.717) is 27.3 Å². The number of amides is 3. The van der Waals surface area contributed by atoms with Crippen molar-refractivity contribution in [3.63, 3.8) is 0 Å². The van der Waals surface area contributed by atoms with E-state index < -0.39 is 11.6 Å². The predicted octanol–water partition coefficient (Wildman–Crippen LogP) is 2.14. The second-order valence-corrected chi connectivity index (χ2v) is 6.75. The van der Waals surface area contributed by atoms with Gasteiger partial charge in [0.05, 0.1) is 18.3 Å². The van der Waals surface area contributed by atoms with Gasteiger partial charge in [0.25, 0.3) is 0 Å². The summed E-state index contributed by atoms with van der Waals surface area (Å²) in [5, 5.41) is 16.8. The number of methoxy groups -OCH3 is 1. The number of hydrogen-bond donors (Lipinski definition) is 4. The first-order valence-corrected chi connectivity index (χ1v) is 8.17. The quantitative estimate of drug-likeness (QED) is 0.643. The number of carbonyl (C=O) groups is 2. The van der Waals surface area contributed by atoms with E-state index in [2.05, 4.69) is 26.1 Å². The van der Waals surface area contributed by atoms with Gasteiger partial charge < -0.3 is 26.4 Å². The number of nitrogens with one attached hydrogen (secondary N) is 3. The Labute approximate surface area is 149 Å². The Bertz CT molecular complexity index is 789. The summed E-state index contributed by atoms with van der Waals surface area (Å²) in [5.74, 6) is 0.248. The van der Waals surface area contributed by atoms with Crippen molar-refractivity contribution in [2.24, 2.45) is 0 Å². The molecule has 1 aromatic carbocycles. The fraction of sp³-hybridized carbons (Fsp3) is 0.333. The minimum atomic E-state index is -0.762. The van der Waals surface area contributed by atoms with E-state index in [1.165, 1.54) is 25.4 Å². The van der Waals surface area contributed by atoms with Gasteiger partial charge in [-0.25, -0.2) is 4.79 Å². The van der Waals surface area contributed by atoms with Crippen molar-refractivity contribution in [1.82, 2.24) is 15.5 Å². The number of carbonyl (C=O) groups excluding carboxylic acids is 2. The zero-order valence-electron chi connectivity index (χ0n) is 14.3. The van der Waals surface area contributed by atoms with Crippen LogP contribution in [0.5, 0.6) is 5.75 Å². The van der Waals surface area contributed by atoms with E-state index in [1.807, 2.05) is 0 Å². The van der Waals surface area contributed by atoms with Crippen LogP contribution in [0.1, 0.15) is 25.8 Å². The minimum Gasteiger partial charge on any atom is -0.495 e. The van der Waals surface area contributed by atoms with Gasteiger partial charge in [-0.2, -0.15) is 0 Å². The highest BCUT2D eigenvalue weighted by Crippen LogP contribution is 2.29. The van der Waals surface area contributed by atoms with Gasteiger partial charge in [0, 0.05) is 12.6 Å². The molecular weight excluding hydrogens is 344 g/mol. The van der Waals surface area contributed by atoms with Crippen LogP contribution in [-0.4, -0.2) is 29.2 Å². The molecule has 0 aliphatic carbocycles. The molecule has 0 spiro atoms. The number of nitrogen functional groups attached to an aromatic ring is 1. The van der Waals surface area contributed by atoms with E-state index in [-0.39, 0.29) is 5.91 Å². The Hall–Kier alpha value is -2.88. The number of rotatable bonds is 5. The van der Waals surface area contributed by atoms with Gasteiger partial charge in [0.1, 0.15) is 10.8 Å². The molecule has 0 unspecified atom stereocenters. The molecule has 0 fully saturated rings. The number of ether oxygens (including phenoxy) is 1. The fourth-order valence-corrected chi connectivity index (χ4v) is 2.73. The summed E-state index contributed by atoms with van der Waals surface area (Å²) in [6.45, 7) is 4.98. The molecule has 3 amide bonds. The SMILES string of the molecule is COc1ccc(NC(C)=O)cc1NC(=O)NC(C)(C)c1nnc(N)s1. The molecule has 0 aliphatic rings. The topological polar surface area (TPSA) is 131 Å². The standard InChI is InChI=1S/C15H20N6O3S/c1-8(22)17-9-5-6-11(24-4)10(7-9)18-14(23)19-15(2,3)12-20-21-13(16)25-12/h5-7H,1-4H3,(H2,16,21)(H,17,22)(H2,18,19,23). The van der Waals surface area contributed by atoms with Crippen molar-refractivity contribution < 1.29 is 14.3 Å². The van der Waals surface area contributed by atoms with Gasteiger partial charge in [-0.15, -0.1) is 10.2 Å². The number of nitrogens with two attached hydrogens (primary N) is 1. The van der Waals surface area contributed by atoms with Gasteiger partial charge in [-0.05, 0) is 32.0 Å². The first-order chi connectivity index (χ1) is 11.7. The van der Waals surface area contributed by atoms with Crippen molar-refractivity contribution in [1.29, 1.82) is 0 Å². The van der Waals surface area contributed by atoms with Crippen LogP contribution in [0.3, 0.4) is 0 Å². The van der Waals surface area contributed by atoms with E-state index in [4.69, 9.17) is 10.5 Å². The van der Waals surface area contributed by atoms with Crippen LogP contribution in [-0.2, 0) is 10.3 Å². The lowest BCUT2D eigenvalue weighted by atomic mass is 10.1. The van der Waals surface area contributed by atoms with Crippen LogP contribution < -0.4 is 26.4 Å².